The van der Waals surface area contributed by atoms with Crippen molar-refractivity contribution in [1.82, 2.24) is 0 Å². The summed E-state index contributed by atoms with van der Waals surface area (Å²) in [6, 6.07) is 6.22. The van der Waals surface area contributed by atoms with Crippen molar-refractivity contribution in [2.24, 2.45) is 5.10 Å². The topological polar surface area (TPSA) is 101 Å². The SMILES string of the molecule is COc1cc(Br)c(O)c(NN=C(C#N)C#N)c1. The van der Waals surface area contributed by atoms with E-state index in [-0.39, 0.29) is 17.1 Å². The Hall–Kier alpha value is -2.25. The van der Waals surface area contributed by atoms with Gasteiger partial charge in [-0.2, -0.15) is 15.6 Å². The first kappa shape index (κ1) is 12.8. The summed E-state index contributed by atoms with van der Waals surface area (Å²) in [6.45, 7) is 0. The second-order valence-corrected chi connectivity index (χ2v) is 3.66. The number of phenols is 1. The summed E-state index contributed by atoms with van der Waals surface area (Å²) in [5, 5.41) is 30.2. The van der Waals surface area contributed by atoms with Crippen molar-refractivity contribution in [2.45, 2.75) is 0 Å². The molecule has 0 spiro atoms. The smallest absolute Gasteiger partial charge is 0.237 e. The largest absolute Gasteiger partial charge is 0.505 e. The normalized spacial score (nSPS) is 8.71. The Balaban J connectivity index is 3.08. The number of halogens is 1. The number of phenolic OH excluding ortho intramolecular Hbond substituents is 1. The van der Waals surface area contributed by atoms with Crippen LogP contribution in [0.1, 0.15) is 0 Å². The van der Waals surface area contributed by atoms with E-state index in [0.717, 1.165) is 0 Å². The van der Waals surface area contributed by atoms with Gasteiger partial charge in [0, 0.05) is 6.07 Å². The van der Waals surface area contributed by atoms with Crippen LogP contribution in [0.5, 0.6) is 11.5 Å². The molecule has 0 saturated carbocycles. The molecular weight excluding hydrogens is 288 g/mol. The highest BCUT2D eigenvalue weighted by molar-refractivity contribution is 9.10. The zero-order valence-corrected chi connectivity index (χ0v) is 10.3. The Labute approximate surface area is 106 Å². The van der Waals surface area contributed by atoms with Gasteiger partial charge in [-0.1, -0.05) is 0 Å². The molecule has 0 aromatic heterocycles. The number of benzene rings is 1. The van der Waals surface area contributed by atoms with Gasteiger partial charge in [0.1, 0.15) is 23.6 Å². The molecule has 0 fully saturated rings. The van der Waals surface area contributed by atoms with Crippen LogP contribution in [-0.2, 0) is 0 Å². The fraction of sp³-hybridized carbons (Fsp3) is 0.100. The van der Waals surface area contributed by atoms with Gasteiger partial charge in [0.2, 0.25) is 5.71 Å². The molecule has 7 heteroatoms. The molecule has 86 valence electrons. The number of nitrogens with one attached hydrogen (secondary N) is 1. The highest BCUT2D eigenvalue weighted by atomic mass is 79.9. The van der Waals surface area contributed by atoms with Gasteiger partial charge in [-0.25, -0.2) is 0 Å². The van der Waals surface area contributed by atoms with E-state index in [1.54, 1.807) is 18.2 Å². The van der Waals surface area contributed by atoms with Gasteiger partial charge in [0.05, 0.1) is 11.6 Å². The maximum Gasteiger partial charge on any atom is 0.237 e. The molecule has 1 aromatic carbocycles. The second kappa shape index (κ2) is 5.73. The van der Waals surface area contributed by atoms with E-state index in [1.165, 1.54) is 13.2 Å². The van der Waals surface area contributed by atoms with Gasteiger partial charge in [0.15, 0.2) is 5.75 Å². The summed E-state index contributed by atoms with van der Waals surface area (Å²) in [4.78, 5) is 0. The van der Waals surface area contributed by atoms with E-state index in [2.05, 4.69) is 26.5 Å². The average molecular weight is 295 g/mol. The fourth-order valence-corrected chi connectivity index (χ4v) is 1.41. The summed E-state index contributed by atoms with van der Waals surface area (Å²) in [5.74, 6) is 0.396. The standard InChI is InChI=1S/C10H7BrN4O2/c1-17-7-2-8(11)10(16)9(3-7)15-14-6(4-12)5-13/h2-3,15-16H,1H3. The highest BCUT2D eigenvalue weighted by Crippen LogP contribution is 2.36. The molecule has 0 amide bonds. The third kappa shape index (κ3) is 3.10. The first-order chi connectivity index (χ1) is 8.12. The molecule has 2 N–H and O–H groups in total. The van der Waals surface area contributed by atoms with E-state index in [4.69, 9.17) is 15.3 Å². The number of aromatic hydroxyl groups is 1. The van der Waals surface area contributed by atoms with Crippen molar-refractivity contribution in [3.05, 3.63) is 16.6 Å². The number of nitrogens with zero attached hydrogens (tertiary/aromatic N) is 3. The van der Waals surface area contributed by atoms with E-state index >= 15 is 0 Å². The van der Waals surface area contributed by atoms with Crippen LogP contribution in [0.25, 0.3) is 0 Å². The Kier molecular flexibility index (Phi) is 4.32. The summed E-state index contributed by atoms with van der Waals surface area (Å²) < 4.78 is 5.40. The van der Waals surface area contributed by atoms with Crippen molar-refractivity contribution < 1.29 is 9.84 Å². The molecule has 0 bridgehead atoms. The van der Waals surface area contributed by atoms with Crippen LogP contribution in [0.3, 0.4) is 0 Å². The van der Waals surface area contributed by atoms with Gasteiger partial charge < -0.3 is 9.84 Å². The van der Waals surface area contributed by atoms with Crippen molar-refractivity contribution in [3.8, 4) is 23.6 Å². The summed E-state index contributed by atoms with van der Waals surface area (Å²) in [7, 11) is 1.47. The van der Waals surface area contributed by atoms with Crippen LogP contribution in [0.15, 0.2) is 21.7 Å². The van der Waals surface area contributed by atoms with Crippen LogP contribution in [0.4, 0.5) is 5.69 Å². The van der Waals surface area contributed by atoms with Crippen LogP contribution >= 0.6 is 15.9 Å². The van der Waals surface area contributed by atoms with Crippen LogP contribution < -0.4 is 10.2 Å². The maximum atomic E-state index is 9.68. The molecule has 0 aliphatic heterocycles. The van der Waals surface area contributed by atoms with Crippen LogP contribution in [-0.4, -0.2) is 17.9 Å². The molecule has 0 radical (unpaired) electrons. The van der Waals surface area contributed by atoms with Gasteiger partial charge in [-0.05, 0) is 22.0 Å². The predicted octanol–water partition coefficient (Wildman–Crippen LogP) is 1.98. The molecular formula is C10H7BrN4O2. The van der Waals surface area contributed by atoms with Gasteiger partial charge in [-0.15, -0.1) is 0 Å². The zero-order chi connectivity index (χ0) is 12.8. The number of hydrazone groups is 1. The Morgan fingerprint density at radius 2 is 2.12 bits per heavy atom. The lowest BCUT2D eigenvalue weighted by Gasteiger charge is -2.08. The third-order valence-electron chi connectivity index (χ3n) is 1.77. The van der Waals surface area contributed by atoms with Crippen LogP contribution in [0.2, 0.25) is 0 Å². The van der Waals surface area contributed by atoms with Gasteiger partial charge in [0.25, 0.3) is 0 Å². The van der Waals surface area contributed by atoms with E-state index < -0.39 is 0 Å². The maximum absolute atomic E-state index is 9.68. The van der Waals surface area contributed by atoms with Crippen molar-refractivity contribution in [2.75, 3.05) is 12.5 Å². The molecule has 0 heterocycles. The van der Waals surface area contributed by atoms with Crippen molar-refractivity contribution >= 4 is 27.3 Å². The van der Waals surface area contributed by atoms with Gasteiger partial charge in [-0.3, -0.25) is 5.43 Å². The lowest BCUT2D eigenvalue weighted by Crippen LogP contribution is -1.97. The molecule has 17 heavy (non-hydrogen) atoms. The molecule has 0 atom stereocenters. The lowest BCUT2D eigenvalue weighted by molar-refractivity contribution is 0.412. The van der Waals surface area contributed by atoms with E-state index in [9.17, 15) is 5.11 Å². The molecule has 1 aromatic rings. The molecule has 0 aliphatic carbocycles. The Morgan fingerprint density at radius 1 is 1.47 bits per heavy atom. The third-order valence-corrected chi connectivity index (χ3v) is 2.38. The number of methoxy groups -OCH3 is 1. The Morgan fingerprint density at radius 3 is 2.65 bits per heavy atom. The summed E-state index contributed by atoms with van der Waals surface area (Å²) in [6.07, 6.45) is 0. The van der Waals surface area contributed by atoms with Crippen LogP contribution in [0, 0.1) is 22.7 Å². The average Bonchev–Trinajstić information content (AvgIpc) is 2.35. The molecule has 0 saturated heterocycles. The van der Waals surface area contributed by atoms with E-state index in [1.807, 2.05) is 0 Å². The Bertz CT molecular complexity index is 526. The molecule has 6 nitrogen and oxygen atoms in total. The van der Waals surface area contributed by atoms with Crippen molar-refractivity contribution in [3.63, 3.8) is 0 Å². The van der Waals surface area contributed by atoms with Crippen molar-refractivity contribution in [1.29, 1.82) is 10.5 Å². The number of anilines is 1. The summed E-state index contributed by atoms with van der Waals surface area (Å²) >= 11 is 3.13. The minimum Gasteiger partial charge on any atom is -0.505 e. The lowest BCUT2D eigenvalue weighted by atomic mass is 10.3. The second-order valence-electron chi connectivity index (χ2n) is 2.80. The van der Waals surface area contributed by atoms with E-state index in [0.29, 0.717) is 10.2 Å². The fourth-order valence-electron chi connectivity index (χ4n) is 0.968. The predicted molar refractivity (Wildman–Crippen MR) is 64.6 cm³/mol. The molecule has 1 rings (SSSR count). The summed E-state index contributed by atoms with van der Waals surface area (Å²) in [5.41, 5.74) is 2.29. The van der Waals surface area contributed by atoms with Gasteiger partial charge >= 0.3 is 0 Å². The first-order valence-corrected chi connectivity index (χ1v) is 5.12. The molecule has 0 unspecified atom stereocenters. The minimum absolute atomic E-state index is 0.0928. The zero-order valence-electron chi connectivity index (χ0n) is 8.73. The number of hydrogen-bond donors (Lipinski definition) is 2. The quantitative estimate of drug-likeness (QED) is 0.504. The number of rotatable bonds is 3. The number of ether oxygens (including phenoxy) is 1. The first-order valence-electron chi connectivity index (χ1n) is 4.32. The minimum atomic E-state index is -0.344. The molecule has 0 aliphatic rings. The highest BCUT2D eigenvalue weighted by Gasteiger charge is 2.08. The monoisotopic (exact) mass is 294 g/mol. The number of nitriles is 2. The number of hydrogen-bond acceptors (Lipinski definition) is 6.